The smallest absolute Gasteiger partial charge is 0.411 e. The predicted molar refractivity (Wildman–Crippen MR) is 115 cm³/mol. The van der Waals surface area contributed by atoms with Gasteiger partial charge < -0.3 is 14.7 Å². The molecule has 4 aromatic rings. The fraction of sp³-hybridized carbons (Fsp3) is 0.292. The van der Waals surface area contributed by atoms with Crippen molar-refractivity contribution in [1.29, 1.82) is 0 Å². The van der Waals surface area contributed by atoms with Gasteiger partial charge in [0.1, 0.15) is 11.6 Å². The fourth-order valence-corrected chi connectivity index (χ4v) is 4.40. The summed E-state index contributed by atoms with van der Waals surface area (Å²) in [4.78, 5) is 22.0. The molecule has 1 aliphatic heterocycles. The maximum absolute atomic E-state index is 13.2. The first kappa shape index (κ1) is 17.9. The molecule has 3 heterocycles. The number of benzene rings is 2. The number of aromatic nitrogens is 2. The van der Waals surface area contributed by atoms with E-state index in [1.54, 1.807) is 0 Å². The fourth-order valence-electron chi connectivity index (χ4n) is 4.40. The maximum Gasteiger partial charge on any atom is 0.411 e. The zero-order chi connectivity index (χ0) is 20.2. The molecule has 0 saturated carbocycles. The largest absolute Gasteiger partial charge is 0.444 e. The summed E-state index contributed by atoms with van der Waals surface area (Å²) in [6.07, 6.45) is 2.54. The number of rotatable bonds is 1. The minimum atomic E-state index is -0.539. The zero-order valence-corrected chi connectivity index (χ0v) is 17.0. The molecule has 0 saturated heterocycles. The molecule has 29 heavy (non-hydrogen) atoms. The first-order valence-corrected chi connectivity index (χ1v) is 10.1. The van der Waals surface area contributed by atoms with Gasteiger partial charge in [0.15, 0.2) is 0 Å². The molecule has 0 bridgehead atoms. The van der Waals surface area contributed by atoms with Crippen LogP contribution < -0.4 is 0 Å². The molecule has 1 atom stereocenters. The Balaban J connectivity index is 1.70. The van der Waals surface area contributed by atoms with Crippen molar-refractivity contribution < 1.29 is 9.53 Å². The van der Waals surface area contributed by atoms with Gasteiger partial charge in [-0.05, 0) is 44.9 Å². The molecule has 5 heteroatoms. The average Bonchev–Trinajstić information content (AvgIpc) is 3.27. The minimum Gasteiger partial charge on any atom is -0.444 e. The third-order valence-corrected chi connectivity index (χ3v) is 5.58. The summed E-state index contributed by atoms with van der Waals surface area (Å²) in [5.74, 6) is 0. The summed E-state index contributed by atoms with van der Waals surface area (Å²) in [5.41, 5.74) is 5.08. The standard InChI is InChI=1S/C24H25N3O2/c1-24(2,3)29-23(28)27-13-12-17-15-8-5-7-11-20(15)26-21(17)22(27)18-14-25-19-10-6-4-9-16(18)19/h4-11,14,22,25-26H,12-13H2,1-3H3. The van der Waals surface area contributed by atoms with Crippen molar-refractivity contribution in [2.24, 2.45) is 0 Å². The summed E-state index contributed by atoms with van der Waals surface area (Å²) in [6, 6.07) is 16.3. The van der Waals surface area contributed by atoms with E-state index in [0.29, 0.717) is 6.54 Å². The van der Waals surface area contributed by atoms with E-state index in [1.807, 2.05) is 50.1 Å². The molecular formula is C24H25N3O2. The molecule has 1 aliphatic rings. The highest BCUT2D eigenvalue weighted by Crippen LogP contribution is 2.41. The SMILES string of the molecule is CC(C)(C)OC(=O)N1CCc2c([nH]c3ccccc23)C1c1c[nH]c2ccccc12. The maximum atomic E-state index is 13.2. The molecule has 5 nitrogen and oxygen atoms in total. The number of aromatic amines is 2. The van der Waals surface area contributed by atoms with Gasteiger partial charge in [0.2, 0.25) is 0 Å². The van der Waals surface area contributed by atoms with Crippen LogP contribution in [-0.4, -0.2) is 33.1 Å². The van der Waals surface area contributed by atoms with Gasteiger partial charge in [0.05, 0.1) is 0 Å². The van der Waals surface area contributed by atoms with Gasteiger partial charge in [0.25, 0.3) is 0 Å². The molecule has 2 N–H and O–H groups in total. The van der Waals surface area contributed by atoms with Crippen LogP contribution >= 0.6 is 0 Å². The summed E-state index contributed by atoms with van der Waals surface area (Å²) < 4.78 is 5.77. The van der Waals surface area contributed by atoms with Gasteiger partial charge in [-0.15, -0.1) is 0 Å². The Morgan fingerprint density at radius 1 is 1.03 bits per heavy atom. The average molecular weight is 387 g/mol. The van der Waals surface area contributed by atoms with Crippen molar-refractivity contribution in [1.82, 2.24) is 14.9 Å². The van der Waals surface area contributed by atoms with E-state index in [1.165, 1.54) is 10.9 Å². The lowest BCUT2D eigenvalue weighted by Gasteiger charge is -2.36. The van der Waals surface area contributed by atoms with E-state index in [0.717, 1.165) is 34.1 Å². The molecule has 148 valence electrons. The second-order valence-electron chi connectivity index (χ2n) is 8.68. The second-order valence-corrected chi connectivity index (χ2v) is 8.68. The number of amides is 1. The lowest BCUT2D eigenvalue weighted by atomic mass is 9.92. The molecule has 2 aromatic heterocycles. The third-order valence-electron chi connectivity index (χ3n) is 5.58. The van der Waals surface area contributed by atoms with Gasteiger partial charge >= 0.3 is 6.09 Å². The molecule has 0 aliphatic carbocycles. The number of carbonyl (C=O) groups excluding carboxylic acids is 1. The van der Waals surface area contributed by atoms with Crippen LogP contribution in [0, 0.1) is 0 Å². The Morgan fingerprint density at radius 2 is 1.72 bits per heavy atom. The van der Waals surface area contributed by atoms with Crippen molar-refractivity contribution in [3.63, 3.8) is 0 Å². The summed E-state index contributed by atoms with van der Waals surface area (Å²) >= 11 is 0. The number of hydrogen-bond donors (Lipinski definition) is 2. The number of carbonyl (C=O) groups is 1. The zero-order valence-electron chi connectivity index (χ0n) is 17.0. The molecule has 1 amide bonds. The second kappa shape index (κ2) is 6.41. The van der Waals surface area contributed by atoms with Crippen LogP contribution in [0.1, 0.15) is 43.6 Å². The number of nitrogens with one attached hydrogen (secondary N) is 2. The molecule has 1 unspecified atom stereocenters. The minimum absolute atomic E-state index is 0.225. The van der Waals surface area contributed by atoms with Gasteiger partial charge in [-0.3, -0.25) is 4.90 Å². The number of fused-ring (bicyclic) bond motifs is 4. The van der Waals surface area contributed by atoms with E-state index in [4.69, 9.17) is 4.74 Å². The van der Waals surface area contributed by atoms with Crippen LogP contribution in [0.5, 0.6) is 0 Å². The molecule has 0 radical (unpaired) electrons. The first-order valence-electron chi connectivity index (χ1n) is 10.1. The van der Waals surface area contributed by atoms with Crippen LogP contribution in [0.15, 0.2) is 54.7 Å². The molecule has 2 aromatic carbocycles. The highest BCUT2D eigenvalue weighted by Gasteiger charge is 2.37. The van der Waals surface area contributed by atoms with E-state index in [2.05, 4.69) is 40.3 Å². The van der Waals surface area contributed by atoms with Crippen molar-refractivity contribution in [3.8, 4) is 0 Å². The Hall–Kier alpha value is -3.21. The Labute approximate surface area is 169 Å². The van der Waals surface area contributed by atoms with Crippen molar-refractivity contribution in [2.45, 2.75) is 38.8 Å². The van der Waals surface area contributed by atoms with Crippen LogP contribution in [0.25, 0.3) is 21.8 Å². The van der Waals surface area contributed by atoms with Gasteiger partial charge in [-0.2, -0.15) is 0 Å². The van der Waals surface area contributed by atoms with Gasteiger partial charge in [-0.25, -0.2) is 4.79 Å². The molecule has 0 spiro atoms. The van der Waals surface area contributed by atoms with E-state index in [9.17, 15) is 4.79 Å². The van der Waals surface area contributed by atoms with Crippen molar-refractivity contribution in [3.05, 3.63) is 71.5 Å². The molecule has 5 rings (SSSR count). The highest BCUT2D eigenvalue weighted by atomic mass is 16.6. The molecular weight excluding hydrogens is 362 g/mol. The van der Waals surface area contributed by atoms with Crippen LogP contribution in [0.2, 0.25) is 0 Å². The summed E-state index contributed by atoms with van der Waals surface area (Å²) in [5, 5.41) is 2.36. The quantitative estimate of drug-likeness (QED) is 0.451. The molecule has 0 fully saturated rings. The van der Waals surface area contributed by atoms with Crippen LogP contribution in [0.3, 0.4) is 0 Å². The monoisotopic (exact) mass is 387 g/mol. The number of H-pyrrole nitrogens is 2. The Kier molecular flexibility index (Phi) is 3.95. The summed E-state index contributed by atoms with van der Waals surface area (Å²) in [6.45, 7) is 6.34. The number of nitrogens with zero attached hydrogens (tertiary/aromatic N) is 1. The lowest BCUT2D eigenvalue weighted by Crippen LogP contribution is -2.43. The van der Waals surface area contributed by atoms with Crippen molar-refractivity contribution >= 4 is 27.9 Å². The van der Waals surface area contributed by atoms with Gasteiger partial charge in [0, 0.05) is 45.8 Å². The van der Waals surface area contributed by atoms with Crippen molar-refractivity contribution in [2.75, 3.05) is 6.54 Å². The number of para-hydroxylation sites is 2. The van der Waals surface area contributed by atoms with Gasteiger partial charge in [-0.1, -0.05) is 36.4 Å². The normalized spacial score (nSPS) is 16.9. The highest BCUT2D eigenvalue weighted by molar-refractivity contribution is 5.88. The third kappa shape index (κ3) is 2.97. The summed E-state index contributed by atoms with van der Waals surface area (Å²) in [7, 11) is 0. The Morgan fingerprint density at radius 3 is 2.48 bits per heavy atom. The van der Waals surface area contributed by atoms with E-state index < -0.39 is 5.60 Å². The number of hydrogen-bond acceptors (Lipinski definition) is 2. The van der Waals surface area contributed by atoms with Crippen LogP contribution in [-0.2, 0) is 11.2 Å². The van der Waals surface area contributed by atoms with E-state index >= 15 is 0 Å². The predicted octanol–water partition coefficient (Wildman–Crippen LogP) is 5.53. The van der Waals surface area contributed by atoms with Crippen LogP contribution in [0.4, 0.5) is 4.79 Å². The lowest BCUT2D eigenvalue weighted by molar-refractivity contribution is 0.0176. The van der Waals surface area contributed by atoms with E-state index in [-0.39, 0.29) is 12.1 Å². The Bertz CT molecular complexity index is 1210. The first-order chi connectivity index (χ1) is 13.9. The number of ether oxygens (including phenoxy) is 1. The topological polar surface area (TPSA) is 61.1 Å².